The first-order chi connectivity index (χ1) is 12.4. The van der Waals surface area contributed by atoms with Gasteiger partial charge >= 0.3 is 5.97 Å². The monoisotopic (exact) mass is 375 g/mol. The summed E-state index contributed by atoms with van der Waals surface area (Å²) in [6.07, 6.45) is 5.23. The quantitative estimate of drug-likeness (QED) is 0.580. The zero-order valence-electron chi connectivity index (χ0n) is 15.9. The molecule has 4 atom stereocenters. The minimum Gasteiger partial charge on any atom is -0.455 e. The van der Waals surface area contributed by atoms with Gasteiger partial charge in [0.25, 0.3) is 5.91 Å². The Balaban J connectivity index is 1.37. The number of rotatable bonds is 7. The molecule has 0 saturated heterocycles. The summed E-state index contributed by atoms with van der Waals surface area (Å²) in [6, 6.07) is 6.34. The fraction of sp³-hybridized carbons (Fsp3) is 0.619. The number of hydrogen-bond acceptors (Lipinski definition) is 4. The van der Waals surface area contributed by atoms with Gasteiger partial charge in [-0.2, -0.15) is 0 Å². The lowest BCUT2D eigenvalue weighted by atomic mass is 9.84. The van der Waals surface area contributed by atoms with Crippen molar-refractivity contribution in [3.8, 4) is 0 Å². The number of ether oxygens (including phenoxy) is 1. The highest BCUT2D eigenvalue weighted by Gasteiger charge is 2.42. The van der Waals surface area contributed by atoms with Crippen LogP contribution in [0, 0.1) is 31.6 Å². The summed E-state index contributed by atoms with van der Waals surface area (Å²) in [7, 11) is 0. The lowest BCUT2D eigenvalue weighted by Crippen LogP contribution is -2.42. The maximum atomic E-state index is 12.1. The highest BCUT2D eigenvalue weighted by Crippen LogP contribution is 2.49. The minimum atomic E-state index is -0.348. The van der Waals surface area contributed by atoms with Crippen LogP contribution in [0.3, 0.4) is 0 Å². The van der Waals surface area contributed by atoms with E-state index in [2.05, 4.69) is 24.4 Å². The Morgan fingerprint density at radius 1 is 1.27 bits per heavy atom. The zero-order valence-corrected chi connectivity index (χ0v) is 16.7. The molecule has 5 heteroatoms. The third kappa shape index (κ3) is 4.81. The van der Waals surface area contributed by atoms with Crippen molar-refractivity contribution in [2.75, 3.05) is 12.4 Å². The Kier molecular flexibility index (Phi) is 6.28. The number of thioether (sulfide) groups is 1. The van der Waals surface area contributed by atoms with Crippen LogP contribution < -0.4 is 5.32 Å². The highest BCUT2D eigenvalue weighted by molar-refractivity contribution is 8.00. The number of esters is 1. The van der Waals surface area contributed by atoms with Crippen LogP contribution in [-0.2, 0) is 14.3 Å². The van der Waals surface area contributed by atoms with E-state index < -0.39 is 0 Å². The van der Waals surface area contributed by atoms with Crippen molar-refractivity contribution in [1.29, 1.82) is 0 Å². The number of nitrogens with one attached hydrogen (secondary N) is 1. The Hall–Kier alpha value is -1.49. The molecule has 2 fully saturated rings. The molecule has 0 aliphatic heterocycles. The lowest BCUT2D eigenvalue weighted by molar-refractivity contribution is -0.146. The van der Waals surface area contributed by atoms with E-state index in [9.17, 15) is 9.59 Å². The standard InChI is InChI=1S/C21H29NO3S/c1-13-4-5-14(2)19(8-13)26-12-21(24)25-11-20(23)22-15(3)18-10-16-6-7-17(18)9-16/h4-5,8,15-18H,6-7,9-12H2,1-3H3,(H,22,23)/t15-,16-,17-,18+/m1/s1. The molecule has 2 aliphatic carbocycles. The molecule has 2 aliphatic rings. The molecule has 142 valence electrons. The topological polar surface area (TPSA) is 55.4 Å². The highest BCUT2D eigenvalue weighted by atomic mass is 32.2. The normalized spacial score (nSPS) is 25.1. The van der Waals surface area contributed by atoms with Gasteiger partial charge in [0, 0.05) is 10.9 Å². The second-order valence-corrected chi connectivity index (χ2v) is 8.93. The van der Waals surface area contributed by atoms with E-state index in [1.165, 1.54) is 43.0 Å². The predicted octanol–water partition coefficient (Wildman–Crippen LogP) is 3.88. The molecule has 3 rings (SSSR count). The summed E-state index contributed by atoms with van der Waals surface area (Å²) in [5.74, 6) is 1.91. The van der Waals surface area contributed by atoms with Crippen LogP contribution in [0.25, 0.3) is 0 Å². The van der Waals surface area contributed by atoms with E-state index in [0.29, 0.717) is 5.92 Å². The fourth-order valence-electron chi connectivity index (χ4n) is 4.50. The Morgan fingerprint density at radius 3 is 2.77 bits per heavy atom. The van der Waals surface area contributed by atoms with E-state index >= 15 is 0 Å². The second-order valence-electron chi connectivity index (χ2n) is 7.91. The fourth-order valence-corrected chi connectivity index (χ4v) is 5.42. The van der Waals surface area contributed by atoms with Crippen molar-refractivity contribution in [3.63, 3.8) is 0 Å². The summed E-state index contributed by atoms with van der Waals surface area (Å²) >= 11 is 1.46. The van der Waals surface area contributed by atoms with Crippen molar-refractivity contribution >= 4 is 23.6 Å². The number of carbonyl (C=O) groups is 2. The summed E-state index contributed by atoms with van der Waals surface area (Å²) in [5.41, 5.74) is 2.31. The summed E-state index contributed by atoms with van der Waals surface area (Å²) in [4.78, 5) is 25.1. The van der Waals surface area contributed by atoms with Crippen LogP contribution in [0.4, 0.5) is 0 Å². The smallest absolute Gasteiger partial charge is 0.316 e. The molecule has 1 aromatic rings. The zero-order chi connectivity index (χ0) is 18.7. The van der Waals surface area contributed by atoms with Crippen LogP contribution in [0.15, 0.2) is 23.1 Å². The maximum Gasteiger partial charge on any atom is 0.316 e. The molecule has 4 nitrogen and oxygen atoms in total. The van der Waals surface area contributed by atoms with Crippen molar-refractivity contribution in [2.45, 2.75) is 57.4 Å². The molecule has 26 heavy (non-hydrogen) atoms. The van der Waals surface area contributed by atoms with Crippen molar-refractivity contribution in [3.05, 3.63) is 29.3 Å². The van der Waals surface area contributed by atoms with E-state index in [1.807, 2.05) is 19.9 Å². The summed E-state index contributed by atoms with van der Waals surface area (Å²) in [5, 5.41) is 3.03. The summed E-state index contributed by atoms with van der Waals surface area (Å²) in [6.45, 7) is 5.96. The van der Waals surface area contributed by atoms with E-state index in [0.717, 1.165) is 22.3 Å². The van der Waals surface area contributed by atoms with E-state index in [4.69, 9.17) is 4.74 Å². The van der Waals surface area contributed by atoms with Crippen molar-refractivity contribution in [1.82, 2.24) is 5.32 Å². The first-order valence-corrected chi connectivity index (χ1v) is 10.6. The minimum absolute atomic E-state index is 0.167. The molecule has 0 radical (unpaired) electrons. The van der Waals surface area contributed by atoms with Gasteiger partial charge in [0.1, 0.15) is 0 Å². The molecule has 2 saturated carbocycles. The van der Waals surface area contributed by atoms with Crippen LogP contribution in [0.2, 0.25) is 0 Å². The van der Waals surface area contributed by atoms with Crippen LogP contribution in [-0.4, -0.2) is 30.3 Å². The van der Waals surface area contributed by atoms with Gasteiger partial charge in [0.15, 0.2) is 6.61 Å². The number of benzene rings is 1. The van der Waals surface area contributed by atoms with Crippen molar-refractivity contribution < 1.29 is 14.3 Å². The van der Waals surface area contributed by atoms with Gasteiger partial charge < -0.3 is 10.1 Å². The lowest BCUT2D eigenvalue weighted by Gasteiger charge is -2.28. The Bertz CT molecular complexity index is 675. The molecule has 0 heterocycles. The van der Waals surface area contributed by atoms with Gasteiger partial charge in [-0.25, -0.2) is 0 Å². The molecule has 0 aromatic heterocycles. The SMILES string of the molecule is Cc1ccc(C)c(SCC(=O)OCC(=O)N[C@H](C)[C@@H]2C[C@@H]3CC[C@@H]2C3)c1. The van der Waals surface area contributed by atoms with E-state index in [1.54, 1.807) is 0 Å². The van der Waals surface area contributed by atoms with Gasteiger partial charge in [0.2, 0.25) is 0 Å². The van der Waals surface area contributed by atoms with Crippen molar-refractivity contribution in [2.24, 2.45) is 17.8 Å². The van der Waals surface area contributed by atoms with Gasteiger partial charge in [-0.15, -0.1) is 11.8 Å². The van der Waals surface area contributed by atoms with Crippen LogP contribution >= 0.6 is 11.8 Å². The Morgan fingerprint density at radius 2 is 2.08 bits per heavy atom. The molecular formula is C21H29NO3S. The van der Waals surface area contributed by atoms with Gasteiger partial charge in [-0.1, -0.05) is 24.1 Å². The first kappa shape index (κ1) is 19.3. The number of fused-ring (bicyclic) bond motifs is 2. The number of aryl methyl sites for hydroxylation is 2. The van der Waals surface area contributed by atoms with Crippen LogP contribution in [0.1, 0.15) is 43.7 Å². The molecule has 0 spiro atoms. The maximum absolute atomic E-state index is 12.1. The number of carbonyl (C=O) groups excluding carboxylic acids is 2. The average Bonchev–Trinajstić information content (AvgIpc) is 3.24. The molecular weight excluding hydrogens is 346 g/mol. The van der Waals surface area contributed by atoms with Gasteiger partial charge in [0.05, 0.1) is 5.75 Å². The average molecular weight is 376 g/mol. The summed E-state index contributed by atoms with van der Waals surface area (Å²) < 4.78 is 5.15. The molecule has 1 N–H and O–H groups in total. The van der Waals surface area contributed by atoms with Crippen LogP contribution in [0.5, 0.6) is 0 Å². The third-order valence-corrected chi connectivity index (χ3v) is 7.01. The molecule has 1 aromatic carbocycles. The second kappa shape index (κ2) is 8.47. The number of amides is 1. The van der Waals surface area contributed by atoms with E-state index in [-0.39, 0.29) is 30.3 Å². The molecule has 2 bridgehead atoms. The van der Waals surface area contributed by atoms with Gasteiger partial charge in [-0.3, -0.25) is 9.59 Å². The largest absolute Gasteiger partial charge is 0.455 e. The number of hydrogen-bond donors (Lipinski definition) is 1. The third-order valence-electron chi connectivity index (χ3n) is 5.88. The predicted molar refractivity (Wildman–Crippen MR) is 104 cm³/mol. The Labute approximate surface area is 160 Å². The molecule has 1 amide bonds. The first-order valence-electron chi connectivity index (χ1n) is 9.57. The van der Waals surface area contributed by atoms with Gasteiger partial charge in [-0.05, 0) is 69.4 Å². The molecule has 0 unspecified atom stereocenters.